The Morgan fingerprint density at radius 3 is 2.64 bits per heavy atom. The van der Waals surface area contributed by atoms with E-state index in [2.05, 4.69) is 5.32 Å². The molecule has 0 unspecified atom stereocenters. The molecule has 1 aliphatic carbocycles. The molecule has 1 aromatic rings. The van der Waals surface area contributed by atoms with Crippen molar-refractivity contribution in [2.45, 2.75) is 64.7 Å². The number of nitrogen functional groups attached to an aromatic ring is 1. The number of benzene rings is 1. The average molecular weight is 306 g/mol. The van der Waals surface area contributed by atoms with Crippen molar-refractivity contribution in [2.75, 3.05) is 5.73 Å². The lowest BCUT2D eigenvalue weighted by Gasteiger charge is -2.20. The summed E-state index contributed by atoms with van der Waals surface area (Å²) in [6.45, 7) is 5.81. The van der Waals surface area contributed by atoms with Crippen LogP contribution in [-0.4, -0.2) is 17.8 Å². The molecule has 0 atom stereocenters. The molecule has 0 radical (unpaired) electrons. The molecule has 5 heteroatoms. The number of nitrogens with one attached hydrogen (secondary N) is 1. The Morgan fingerprint density at radius 1 is 1.32 bits per heavy atom. The number of rotatable bonds is 4. The zero-order valence-corrected chi connectivity index (χ0v) is 13.6. The minimum absolute atomic E-state index is 0.301. The average Bonchev–Trinajstić information content (AvgIpc) is 2.90. The van der Waals surface area contributed by atoms with E-state index in [1.807, 2.05) is 39.0 Å². The summed E-state index contributed by atoms with van der Waals surface area (Å²) in [5.74, 6) is 0.807. The summed E-state index contributed by atoms with van der Waals surface area (Å²) in [7, 11) is 0. The van der Waals surface area contributed by atoms with Gasteiger partial charge in [-0.3, -0.25) is 0 Å². The normalized spacial score (nSPS) is 15.6. The largest absolute Gasteiger partial charge is 0.490 e. The van der Waals surface area contributed by atoms with Gasteiger partial charge in [0.05, 0.1) is 6.10 Å². The number of alkyl carbamates (subject to hydrolysis) is 1. The number of carbonyl (C=O) groups excluding carboxylic acids is 1. The maximum atomic E-state index is 11.7. The number of hydrogen-bond acceptors (Lipinski definition) is 4. The van der Waals surface area contributed by atoms with E-state index in [4.69, 9.17) is 15.2 Å². The maximum absolute atomic E-state index is 11.7. The molecule has 2 rings (SSSR count). The second kappa shape index (κ2) is 6.90. The van der Waals surface area contributed by atoms with Crippen LogP contribution in [0.3, 0.4) is 0 Å². The van der Waals surface area contributed by atoms with Gasteiger partial charge in [-0.25, -0.2) is 4.79 Å². The van der Waals surface area contributed by atoms with Gasteiger partial charge in [-0.2, -0.15) is 0 Å². The zero-order chi connectivity index (χ0) is 16.2. The summed E-state index contributed by atoms with van der Waals surface area (Å²) in [6.07, 6.45) is 4.52. The standard InChI is InChI=1S/C17H26N2O3/c1-17(2,3)22-16(20)19-11-12-10-14(8-9-15(12)18)21-13-6-4-5-7-13/h8-10,13H,4-7,11,18H2,1-3H3,(H,19,20). The van der Waals surface area contributed by atoms with E-state index in [-0.39, 0.29) is 0 Å². The van der Waals surface area contributed by atoms with Crippen LogP contribution in [0.5, 0.6) is 5.75 Å². The molecule has 0 spiro atoms. The van der Waals surface area contributed by atoms with Gasteiger partial charge in [-0.15, -0.1) is 0 Å². The lowest BCUT2D eigenvalue weighted by molar-refractivity contribution is 0.0523. The molecular weight excluding hydrogens is 280 g/mol. The van der Waals surface area contributed by atoms with Crippen LogP contribution < -0.4 is 15.8 Å². The topological polar surface area (TPSA) is 73.6 Å². The molecule has 1 aliphatic rings. The van der Waals surface area contributed by atoms with Crippen LogP contribution in [0.25, 0.3) is 0 Å². The fourth-order valence-corrected chi connectivity index (χ4v) is 2.49. The third-order valence-electron chi connectivity index (χ3n) is 3.54. The Hall–Kier alpha value is -1.91. The van der Waals surface area contributed by atoms with Crippen LogP contribution in [0.1, 0.15) is 52.0 Å². The molecule has 0 aliphatic heterocycles. The third kappa shape index (κ3) is 5.13. The number of ether oxygens (including phenoxy) is 2. The predicted molar refractivity (Wildman–Crippen MR) is 86.8 cm³/mol. The summed E-state index contributed by atoms with van der Waals surface area (Å²) >= 11 is 0. The summed E-state index contributed by atoms with van der Waals surface area (Å²) in [5.41, 5.74) is 6.92. The summed E-state index contributed by atoms with van der Waals surface area (Å²) in [4.78, 5) is 11.7. The van der Waals surface area contributed by atoms with Crippen LogP contribution in [0, 0.1) is 0 Å². The van der Waals surface area contributed by atoms with E-state index in [1.165, 1.54) is 12.8 Å². The number of nitrogens with two attached hydrogens (primary N) is 1. The van der Waals surface area contributed by atoms with E-state index < -0.39 is 11.7 Å². The highest BCUT2D eigenvalue weighted by Crippen LogP contribution is 2.26. The summed E-state index contributed by atoms with van der Waals surface area (Å²) < 4.78 is 11.2. The van der Waals surface area contributed by atoms with E-state index in [9.17, 15) is 4.79 Å². The molecule has 3 N–H and O–H groups in total. The Kier molecular flexibility index (Phi) is 5.16. The SMILES string of the molecule is CC(C)(C)OC(=O)NCc1cc(OC2CCCC2)ccc1N. The van der Waals surface area contributed by atoms with Gasteiger partial charge in [0.1, 0.15) is 11.4 Å². The lowest BCUT2D eigenvalue weighted by atomic mass is 10.1. The van der Waals surface area contributed by atoms with Crippen molar-refractivity contribution < 1.29 is 14.3 Å². The minimum Gasteiger partial charge on any atom is -0.490 e. The zero-order valence-electron chi connectivity index (χ0n) is 13.6. The molecule has 1 fully saturated rings. The van der Waals surface area contributed by atoms with E-state index in [1.54, 1.807) is 0 Å². The Bertz CT molecular complexity index is 517. The van der Waals surface area contributed by atoms with Crippen molar-refractivity contribution in [3.05, 3.63) is 23.8 Å². The molecule has 0 aromatic heterocycles. The highest BCUT2D eigenvalue weighted by atomic mass is 16.6. The molecular formula is C17H26N2O3. The van der Waals surface area contributed by atoms with Crippen molar-refractivity contribution in [3.63, 3.8) is 0 Å². The van der Waals surface area contributed by atoms with Gasteiger partial charge in [0.15, 0.2) is 0 Å². The van der Waals surface area contributed by atoms with Crippen molar-refractivity contribution in [3.8, 4) is 5.75 Å². The smallest absolute Gasteiger partial charge is 0.407 e. The molecule has 0 saturated heterocycles. The van der Waals surface area contributed by atoms with Crippen molar-refractivity contribution in [1.82, 2.24) is 5.32 Å². The number of anilines is 1. The first-order chi connectivity index (χ1) is 10.3. The fraction of sp³-hybridized carbons (Fsp3) is 0.588. The molecule has 1 amide bonds. The highest BCUT2D eigenvalue weighted by molar-refractivity contribution is 5.68. The van der Waals surface area contributed by atoms with Gasteiger partial charge in [-0.1, -0.05) is 0 Å². The monoisotopic (exact) mass is 306 g/mol. The minimum atomic E-state index is -0.511. The van der Waals surface area contributed by atoms with E-state index in [0.29, 0.717) is 18.3 Å². The fourth-order valence-electron chi connectivity index (χ4n) is 2.49. The van der Waals surface area contributed by atoms with Crippen LogP contribution >= 0.6 is 0 Å². The quantitative estimate of drug-likeness (QED) is 0.833. The third-order valence-corrected chi connectivity index (χ3v) is 3.54. The van der Waals surface area contributed by atoms with Gasteiger partial charge < -0.3 is 20.5 Å². The first-order valence-corrected chi connectivity index (χ1v) is 7.85. The van der Waals surface area contributed by atoms with Gasteiger partial charge in [0, 0.05) is 12.2 Å². The Morgan fingerprint density at radius 2 is 2.00 bits per heavy atom. The number of carbonyl (C=O) groups is 1. The summed E-state index contributed by atoms with van der Waals surface area (Å²) in [5, 5.41) is 2.72. The predicted octanol–water partition coefficient (Wildman–Crippen LogP) is 3.61. The van der Waals surface area contributed by atoms with Crippen molar-refractivity contribution in [1.29, 1.82) is 0 Å². The van der Waals surface area contributed by atoms with Gasteiger partial charge in [0.2, 0.25) is 0 Å². The molecule has 5 nitrogen and oxygen atoms in total. The summed E-state index contributed by atoms with van der Waals surface area (Å²) in [6, 6.07) is 5.59. The first-order valence-electron chi connectivity index (χ1n) is 7.85. The molecule has 1 saturated carbocycles. The van der Waals surface area contributed by atoms with Crippen LogP contribution in [0.2, 0.25) is 0 Å². The molecule has 122 valence electrons. The second-order valence-corrected chi connectivity index (χ2v) is 6.74. The Balaban J connectivity index is 1.93. The molecule has 0 bridgehead atoms. The van der Waals surface area contributed by atoms with E-state index in [0.717, 1.165) is 24.2 Å². The molecule has 1 aromatic carbocycles. The van der Waals surface area contributed by atoms with Crippen LogP contribution in [-0.2, 0) is 11.3 Å². The number of hydrogen-bond donors (Lipinski definition) is 2. The molecule has 0 heterocycles. The Labute approximate surface area is 132 Å². The van der Waals surface area contributed by atoms with Gasteiger partial charge >= 0.3 is 6.09 Å². The van der Waals surface area contributed by atoms with Crippen LogP contribution in [0.4, 0.5) is 10.5 Å². The van der Waals surface area contributed by atoms with Gasteiger partial charge in [0.25, 0.3) is 0 Å². The maximum Gasteiger partial charge on any atom is 0.407 e. The van der Waals surface area contributed by atoms with E-state index >= 15 is 0 Å². The van der Waals surface area contributed by atoms with Gasteiger partial charge in [-0.05, 0) is 70.2 Å². The van der Waals surface area contributed by atoms with Crippen LogP contribution in [0.15, 0.2) is 18.2 Å². The lowest BCUT2D eigenvalue weighted by Crippen LogP contribution is -2.32. The molecule has 22 heavy (non-hydrogen) atoms. The van der Waals surface area contributed by atoms with Crippen molar-refractivity contribution in [2.24, 2.45) is 0 Å². The number of amides is 1. The van der Waals surface area contributed by atoms with Crippen molar-refractivity contribution >= 4 is 11.8 Å². The first kappa shape index (κ1) is 16.5. The highest BCUT2D eigenvalue weighted by Gasteiger charge is 2.18. The second-order valence-electron chi connectivity index (χ2n) is 6.74.